The molecular formula is C20H19ClN4O. The Morgan fingerprint density at radius 2 is 1.81 bits per heavy atom. The van der Waals surface area contributed by atoms with Gasteiger partial charge in [-0.15, -0.1) is 0 Å². The fourth-order valence-electron chi connectivity index (χ4n) is 2.38. The molecule has 0 fully saturated rings. The van der Waals surface area contributed by atoms with Crippen molar-refractivity contribution in [1.82, 2.24) is 15.3 Å². The molecule has 1 aromatic heterocycles. The Bertz CT molecular complexity index is 896. The number of aryl methyl sites for hydroxylation is 1. The van der Waals surface area contributed by atoms with Crippen molar-refractivity contribution >= 4 is 23.3 Å². The van der Waals surface area contributed by atoms with Crippen LogP contribution in [-0.4, -0.2) is 15.9 Å². The summed E-state index contributed by atoms with van der Waals surface area (Å²) >= 11 is 6.14. The van der Waals surface area contributed by atoms with Crippen molar-refractivity contribution in [2.24, 2.45) is 0 Å². The van der Waals surface area contributed by atoms with Gasteiger partial charge >= 0.3 is 0 Å². The SMILES string of the molecule is Cc1ccc(CNC(=O)c2cc(NCc3ccccc3Cl)ncn2)cc1. The lowest BCUT2D eigenvalue weighted by atomic mass is 10.1. The minimum absolute atomic E-state index is 0.242. The van der Waals surface area contributed by atoms with Crippen LogP contribution in [-0.2, 0) is 13.1 Å². The maximum absolute atomic E-state index is 12.3. The number of rotatable bonds is 6. The standard InChI is InChI=1S/C20H19ClN4O/c1-14-6-8-15(9-7-14)11-23-20(26)18-10-19(25-13-24-18)22-12-16-4-2-3-5-17(16)21/h2-10,13H,11-12H2,1H3,(H,23,26)(H,22,24,25). The van der Waals surface area contributed by atoms with Crippen molar-refractivity contribution in [3.63, 3.8) is 0 Å². The summed E-state index contributed by atoms with van der Waals surface area (Å²) in [6.45, 7) is 2.99. The van der Waals surface area contributed by atoms with Crippen LogP contribution in [0.25, 0.3) is 0 Å². The quantitative estimate of drug-likeness (QED) is 0.692. The summed E-state index contributed by atoms with van der Waals surface area (Å²) in [5.41, 5.74) is 3.49. The van der Waals surface area contributed by atoms with Crippen LogP contribution in [0.1, 0.15) is 27.2 Å². The first-order chi connectivity index (χ1) is 12.6. The molecule has 0 radical (unpaired) electrons. The Labute approximate surface area is 157 Å². The van der Waals surface area contributed by atoms with Crippen LogP contribution in [0.3, 0.4) is 0 Å². The number of benzene rings is 2. The van der Waals surface area contributed by atoms with Gasteiger partial charge in [0.2, 0.25) is 0 Å². The average Bonchev–Trinajstić information content (AvgIpc) is 2.67. The van der Waals surface area contributed by atoms with E-state index in [0.29, 0.717) is 29.6 Å². The van der Waals surface area contributed by atoms with Gasteiger partial charge in [-0.1, -0.05) is 59.6 Å². The fraction of sp³-hybridized carbons (Fsp3) is 0.150. The molecule has 0 aliphatic heterocycles. The number of carbonyl (C=O) groups is 1. The van der Waals surface area contributed by atoms with Crippen molar-refractivity contribution in [3.8, 4) is 0 Å². The minimum atomic E-state index is -0.242. The number of nitrogens with zero attached hydrogens (tertiary/aromatic N) is 2. The zero-order chi connectivity index (χ0) is 18.4. The summed E-state index contributed by atoms with van der Waals surface area (Å²) in [5.74, 6) is 0.328. The van der Waals surface area contributed by atoms with Crippen molar-refractivity contribution in [3.05, 3.63) is 88.3 Å². The molecule has 0 aliphatic carbocycles. The summed E-state index contributed by atoms with van der Waals surface area (Å²) in [6.07, 6.45) is 1.37. The smallest absolute Gasteiger partial charge is 0.270 e. The highest BCUT2D eigenvalue weighted by Crippen LogP contribution is 2.16. The second-order valence-corrected chi connectivity index (χ2v) is 6.31. The van der Waals surface area contributed by atoms with Crippen LogP contribution in [0.4, 0.5) is 5.82 Å². The lowest BCUT2D eigenvalue weighted by molar-refractivity contribution is 0.0946. The van der Waals surface area contributed by atoms with E-state index in [0.717, 1.165) is 11.1 Å². The van der Waals surface area contributed by atoms with E-state index in [1.165, 1.54) is 11.9 Å². The van der Waals surface area contributed by atoms with Gasteiger partial charge in [0.1, 0.15) is 17.8 Å². The molecule has 3 rings (SSSR count). The molecular weight excluding hydrogens is 348 g/mol. The predicted molar refractivity (Wildman–Crippen MR) is 103 cm³/mol. The molecule has 2 aromatic carbocycles. The predicted octanol–water partition coefficient (Wildman–Crippen LogP) is 3.98. The molecule has 2 N–H and O–H groups in total. The number of hydrogen-bond acceptors (Lipinski definition) is 4. The number of halogens is 1. The molecule has 26 heavy (non-hydrogen) atoms. The van der Waals surface area contributed by atoms with Crippen molar-refractivity contribution in [2.75, 3.05) is 5.32 Å². The van der Waals surface area contributed by atoms with Gasteiger partial charge in [0.05, 0.1) is 0 Å². The maximum atomic E-state index is 12.3. The lowest BCUT2D eigenvalue weighted by Crippen LogP contribution is -2.24. The van der Waals surface area contributed by atoms with E-state index in [9.17, 15) is 4.79 Å². The van der Waals surface area contributed by atoms with Crippen LogP contribution >= 0.6 is 11.6 Å². The molecule has 5 nitrogen and oxygen atoms in total. The highest BCUT2D eigenvalue weighted by Gasteiger charge is 2.09. The third-order valence-corrected chi connectivity index (χ3v) is 4.26. The number of anilines is 1. The zero-order valence-electron chi connectivity index (χ0n) is 14.4. The Hall–Kier alpha value is -2.92. The molecule has 0 saturated carbocycles. The molecule has 132 valence electrons. The van der Waals surface area contributed by atoms with Gasteiger partial charge in [0.25, 0.3) is 5.91 Å². The van der Waals surface area contributed by atoms with Crippen LogP contribution in [0.15, 0.2) is 60.9 Å². The monoisotopic (exact) mass is 366 g/mol. The van der Waals surface area contributed by atoms with E-state index in [1.807, 2.05) is 55.5 Å². The molecule has 0 atom stereocenters. The molecule has 1 heterocycles. The Morgan fingerprint density at radius 1 is 1.04 bits per heavy atom. The van der Waals surface area contributed by atoms with Crippen molar-refractivity contribution in [1.29, 1.82) is 0 Å². The first-order valence-corrected chi connectivity index (χ1v) is 8.62. The third-order valence-electron chi connectivity index (χ3n) is 3.89. The second kappa shape index (κ2) is 8.45. The molecule has 3 aromatic rings. The van der Waals surface area contributed by atoms with Crippen LogP contribution < -0.4 is 10.6 Å². The minimum Gasteiger partial charge on any atom is -0.366 e. The van der Waals surface area contributed by atoms with E-state index in [1.54, 1.807) is 6.07 Å². The van der Waals surface area contributed by atoms with Crippen LogP contribution in [0.2, 0.25) is 5.02 Å². The Kier molecular flexibility index (Phi) is 5.81. The Balaban J connectivity index is 1.60. The summed E-state index contributed by atoms with van der Waals surface area (Å²) in [5, 5.41) is 6.71. The molecule has 6 heteroatoms. The largest absolute Gasteiger partial charge is 0.366 e. The summed E-state index contributed by atoms with van der Waals surface area (Å²) < 4.78 is 0. The van der Waals surface area contributed by atoms with Gasteiger partial charge < -0.3 is 10.6 Å². The van der Waals surface area contributed by atoms with Gasteiger partial charge in [-0.25, -0.2) is 9.97 Å². The fourth-order valence-corrected chi connectivity index (χ4v) is 2.59. The first-order valence-electron chi connectivity index (χ1n) is 8.25. The van der Waals surface area contributed by atoms with Gasteiger partial charge in [0.15, 0.2) is 0 Å². The summed E-state index contributed by atoms with van der Waals surface area (Å²) in [6, 6.07) is 17.2. The number of hydrogen-bond donors (Lipinski definition) is 2. The van der Waals surface area contributed by atoms with Crippen LogP contribution in [0.5, 0.6) is 0 Å². The number of aromatic nitrogens is 2. The van der Waals surface area contributed by atoms with Gasteiger partial charge in [-0.05, 0) is 24.1 Å². The van der Waals surface area contributed by atoms with Gasteiger partial charge in [0, 0.05) is 24.2 Å². The number of amides is 1. The van der Waals surface area contributed by atoms with E-state index >= 15 is 0 Å². The van der Waals surface area contributed by atoms with Gasteiger partial charge in [-0.3, -0.25) is 4.79 Å². The van der Waals surface area contributed by atoms with E-state index in [4.69, 9.17) is 11.6 Å². The third kappa shape index (κ3) is 4.80. The van der Waals surface area contributed by atoms with E-state index < -0.39 is 0 Å². The summed E-state index contributed by atoms with van der Waals surface area (Å²) in [7, 11) is 0. The number of carbonyl (C=O) groups excluding carboxylic acids is 1. The topological polar surface area (TPSA) is 66.9 Å². The molecule has 0 saturated heterocycles. The second-order valence-electron chi connectivity index (χ2n) is 5.90. The van der Waals surface area contributed by atoms with E-state index in [2.05, 4.69) is 20.6 Å². The highest BCUT2D eigenvalue weighted by molar-refractivity contribution is 6.31. The molecule has 0 aliphatic rings. The first kappa shape index (κ1) is 17.9. The number of nitrogens with one attached hydrogen (secondary N) is 2. The lowest BCUT2D eigenvalue weighted by Gasteiger charge is -2.09. The van der Waals surface area contributed by atoms with Crippen molar-refractivity contribution in [2.45, 2.75) is 20.0 Å². The average molecular weight is 367 g/mol. The zero-order valence-corrected chi connectivity index (χ0v) is 15.1. The molecule has 1 amide bonds. The Morgan fingerprint density at radius 3 is 2.58 bits per heavy atom. The van der Waals surface area contributed by atoms with Gasteiger partial charge in [-0.2, -0.15) is 0 Å². The van der Waals surface area contributed by atoms with Crippen molar-refractivity contribution < 1.29 is 4.79 Å². The van der Waals surface area contributed by atoms with Crippen LogP contribution in [0, 0.1) is 6.92 Å². The highest BCUT2D eigenvalue weighted by atomic mass is 35.5. The summed E-state index contributed by atoms with van der Waals surface area (Å²) in [4.78, 5) is 20.5. The normalized spacial score (nSPS) is 10.4. The molecule has 0 spiro atoms. The molecule has 0 unspecified atom stereocenters. The van der Waals surface area contributed by atoms with E-state index in [-0.39, 0.29) is 5.91 Å². The molecule has 0 bridgehead atoms. The maximum Gasteiger partial charge on any atom is 0.270 e.